The predicted molar refractivity (Wildman–Crippen MR) is 71.1 cm³/mol. The Balaban J connectivity index is 2.56. The van der Waals surface area contributed by atoms with E-state index in [0.29, 0.717) is 6.42 Å². The minimum atomic E-state index is -0.538. The molecule has 0 aromatic heterocycles. The lowest BCUT2D eigenvalue weighted by atomic mass is 9.93. The number of amides is 2. The van der Waals surface area contributed by atoms with Gasteiger partial charge in [0.2, 0.25) is 11.8 Å². The van der Waals surface area contributed by atoms with E-state index in [1.54, 1.807) is 0 Å². The molecule has 0 unspecified atom stereocenters. The maximum Gasteiger partial charge on any atom is 0.221 e. The van der Waals surface area contributed by atoms with Crippen LogP contribution >= 0.6 is 0 Å². The first-order valence-electron chi connectivity index (χ1n) is 6.08. The van der Waals surface area contributed by atoms with Crippen LogP contribution in [0.15, 0.2) is 30.3 Å². The Morgan fingerprint density at radius 3 is 2.37 bits per heavy atom. The molecule has 0 aliphatic heterocycles. The molecule has 1 aromatic carbocycles. The lowest BCUT2D eigenvalue weighted by Gasteiger charge is -2.12. The van der Waals surface area contributed by atoms with Gasteiger partial charge in [-0.05, 0) is 12.0 Å². The van der Waals surface area contributed by atoms with Crippen LogP contribution in [0.3, 0.4) is 0 Å². The average Bonchev–Trinajstić information content (AvgIpc) is 2.36. The lowest BCUT2D eigenvalue weighted by molar-refractivity contribution is -0.128. The van der Waals surface area contributed by atoms with Crippen molar-refractivity contribution in [3.05, 3.63) is 35.9 Å². The van der Waals surface area contributed by atoms with Gasteiger partial charge >= 0.3 is 0 Å². The van der Waals surface area contributed by atoms with E-state index in [9.17, 15) is 14.4 Å². The molecule has 0 saturated heterocycles. The number of nitrogens with two attached hydrogens (primary N) is 1. The van der Waals surface area contributed by atoms with Crippen molar-refractivity contribution in [2.75, 3.05) is 6.54 Å². The molecule has 5 nitrogen and oxygen atoms in total. The van der Waals surface area contributed by atoms with Crippen molar-refractivity contribution in [2.24, 2.45) is 11.7 Å². The van der Waals surface area contributed by atoms with E-state index in [1.165, 1.54) is 6.92 Å². The molecule has 0 bridgehead atoms. The third-order valence-corrected chi connectivity index (χ3v) is 2.74. The summed E-state index contributed by atoms with van der Waals surface area (Å²) in [5, 5.41) is 2.41. The van der Waals surface area contributed by atoms with Crippen molar-refractivity contribution in [3.63, 3.8) is 0 Å². The largest absolute Gasteiger partial charge is 0.369 e. The van der Waals surface area contributed by atoms with Gasteiger partial charge in [-0.15, -0.1) is 0 Å². The minimum absolute atomic E-state index is 0.0461. The molecule has 0 fully saturated rings. The second kappa shape index (κ2) is 7.31. The Labute approximate surface area is 112 Å². The van der Waals surface area contributed by atoms with Gasteiger partial charge in [-0.25, -0.2) is 0 Å². The van der Waals surface area contributed by atoms with Crippen LogP contribution in [0.5, 0.6) is 0 Å². The molecule has 0 aliphatic carbocycles. The maximum atomic E-state index is 11.6. The zero-order chi connectivity index (χ0) is 14.3. The highest BCUT2D eigenvalue weighted by Crippen LogP contribution is 2.12. The molecule has 1 rings (SSSR count). The van der Waals surface area contributed by atoms with Gasteiger partial charge < -0.3 is 11.1 Å². The van der Waals surface area contributed by atoms with E-state index >= 15 is 0 Å². The van der Waals surface area contributed by atoms with E-state index < -0.39 is 11.8 Å². The number of carbonyl (C=O) groups excluding carboxylic acids is 3. The van der Waals surface area contributed by atoms with Crippen molar-refractivity contribution in [3.8, 4) is 0 Å². The van der Waals surface area contributed by atoms with E-state index in [-0.39, 0.29) is 24.7 Å². The highest BCUT2D eigenvalue weighted by atomic mass is 16.2. The van der Waals surface area contributed by atoms with Crippen LogP contribution < -0.4 is 11.1 Å². The quantitative estimate of drug-likeness (QED) is 0.746. The summed E-state index contributed by atoms with van der Waals surface area (Å²) >= 11 is 0. The zero-order valence-electron chi connectivity index (χ0n) is 10.9. The molecule has 0 heterocycles. The molecule has 0 radical (unpaired) electrons. The normalized spacial score (nSPS) is 11.6. The van der Waals surface area contributed by atoms with Crippen LogP contribution in [-0.2, 0) is 20.8 Å². The fourth-order valence-electron chi connectivity index (χ4n) is 1.74. The SMILES string of the molecule is CC(=O)NCC(=O)C[C@@H](Cc1ccccc1)C(N)=O. The molecule has 1 atom stereocenters. The first kappa shape index (κ1) is 14.9. The summed E-state index contributed by atoms with van der Waals surface area (Å²) in [7, 11) is 0. The fraction of sp³-hybridized carbons (Fsp3) is 0.357. The summed E-state index contributed by atoms with van der Waals surface area (Å²) in [5.74, 6) is -1.51. The van der Waals surface area contributed by atoms with E-state index in [1.807, 2.05) is 30.3 Å². The van der Waals surface area contributed by atoms with Crippen LogP contribution in [0.25, 0.3) is 0 Å². The summed E-state index contributed by atoms with van der Waals surface area (Å²) < 4.78 is 0. The monoisotopic (exact) mass is 262 g/mol. The Morgan fingerprint density at radius 1 is 1.21 bits per heavy atom. The summed E-state index contributed by atoms with van der Waals surface area (Å²) in [6.45, 7) is 1.27. The van der Waals surface area contributed by atoms with Crippen molar-refractivity contribution < 1.29 is 14.4 Å². The summed E-state index contributed by atoms with van der Waals surface area (Å²) in [6, 6.07) is 9.38. The Hall–Kier alpha value is -2.17. The first-order chi connectivity index (χ1) is 8.99. The van der Waals surface area contributed by atoms with E-state index in [4.69, 9.17) is 5.73 Å². The predicted octanol–water partition coefficient (Wildman–Crippen LogP) is 0.426. The number of benzene rings is 1. The van der Waals surface area contributed by atoms with Crippen LogP contribution in [0.1, 0.15) is 18.9 Å². The van der Waals surface area contributed by atoms with Crippen molar-refractivity contribution in [1.82, 2.24) is 5.32 Å². The van der Waals surface area contributed by atoms with Gasteiger partial charge in [-0.2, -0.15) is 0 Å². The average molecular weight is 262 g/mol. The molecule has 3 N–H and O–H groups in total. The number of hydrogen-bond acceptors (Lipinski definition) is 3. The number of carbonyl (C=O) groups is 3. The molecule has 2 amide bonds. The van der Waals surface area contributed by atoms with Crippen molar-refractivity contribution in [2.45, 2.75) is 19.8 Å². The van der Waals surface area contributed by atoms with Crippen LogP contribution in [-0.4, -0.2) is 24.1 Å². The van der Waals surface area contributed by atoms with Crippen LogP contribution in [0, 0.1) is 5.92 Å². The number of ketones is 1. The van der Waals surface area contributed by atoms with Gasteiger partial charge in [0.05, 0.1) is 6.54 Å². The van der Waals surface area contributed by atoms with E-state index in [0.717, 1.165) is 5.56 Å². The molecular formula is C14H18N2O3. The maximum absolute atomic E-state index is 11.6. The number of nitrogens with one attached hydrogen (secondary N) is 1. The van der Waals surface area contributed by atoms with Crippen LogP contribution in [0.2, 0.25) is 0 Å². The number of rotatable bonds is 7. The minimum Gasteiger partial charge on any atom is -0.369 e. The summed E-state index contributed by atoms with van der Waals surface area (Å²) in [5.41, 5.74) is 6.27. The molecular weight excluding hydrogens is 244 g/mol. The van der Waals surface area contributed by atoms with Crippen molar-refractivity contribution >= 4 is 17.6 Å². The third kappa shape index (κ3) is 5.81. The Bertz CT molecular complexity index is 457. The van der Waals surface area contributed by atoms with Crippen LogP contribution in [0.4, 0.5) is 0 Å². The highest BCUT2D eigenvalue weighted by Gasteiger charge is 2.19. The van der Waals surface area contributed by atoms with Gasteiger partial charge in [0.15, 0.2) is 5.78 Å². The molecule has 0 aliphatic rings. The molecule has 19 heavy (non-hydrogen) atoms. The number of primary amides is 1. The Morgan fingerprint density at radius 2 is 1.84 bits per heavy atom. The second-order valence-electron chi connectivity index (χ2n) is 4.44. The molecule has 5 heteroatoms. The van der Waals surface area contributed by atoms with Gasteiger partial charge in [0.1, 0.15) is 0 Å². The highest BCUT2D eigenvalue weighted by molar-refractivity contribution is 5.89. The van der Waals surface area contributed by atoms with Gasteiger partial charge in [0.25, 0.3) is 0 Å². The zero-order valence-corrected chi connectivity index (χ0v) is 10.9. The fourth-order valence-corrected chi connectivity index (χ4v) is 1.74. The molecule has 1 aromatic rings. The van der Waals surface area contributed by atoms with Gasteiger partial charge in [-0.3, -0.25) is 14.4 Å². The summed E-state index contributed by atoms with van der Waals surface area (Å²) in [4.78, 5) is 33.7. The number of hydrogen-bond donors (Lipinski definition) is 2. The smallest absolute Gasteiger partial charge is 0.221 e. The third-order valence-electron chi connectivity index (χ3n) is 2.74. The molecule has 0 spiro atoms. The summed E-state index contributed by atoms with van der Waals surface area (Å²) in [6.07, 6.45) is 0.479. The Kier molecular flexibility index (Phi) is 5.73. The van der Waals surface area contributed by atoms with Gasteiger partial charge in [-0.1, -0.05) is 30.3 Å². The number of Topliss-reactive ketones (excluding diaryl/α,β-unsaturated/α-hetero) is 1. The van der Waals surface area contributed by atoms with Crippen molar-refractivity contribution in [1.29, 1.82) is 0 Å². The molecule has 0 saturated carbocycles. The topological polar surface area (TPSA) is 89.3 Å². The van der Waals surface area contributed by atoms with Gasteiger partial charge in [0, 0.05) is 19.3 Å². The standard InChI is InChI=1S/C14H18N2O3/c1-10(17)16-9-13(18)8-12(14(15)19)7-11-5-3-2-4-6-11/h2-6,12H,7-9H2,1H3,(H2,15,19)(H,16,17)/t12-/m1/s1. The lowest BCUT2D eigenvalue weighted by Crippen LogP contribution is -2.32. The second-order valence-corrected chi connectivity index (χ2v) is 4.44. The van der Waals surface area contributed by atoms with E-state index in [2.05, 4.69) is 5.32 Å². The molecule has 102 valence electrons. The first-order valence-corrected chi connectivity index (χ1v) is 6.08.